The zero-order valence-corrected chi connectivity index (χ0v) is 13.7. The smallest absolute Gasteiger partial charge is 0.263 e. The molecular formula is C15H15FN2O2S2. The molecule has 0 aliphatic rings. The van der Waals surface area contributed by atoms with Crippen LogP contribution in [0.25, 0.3) is 20.7 Å². The molecule has 0 fully saturated rings. The number of fused-ring (bicyclic) bond motifs is 1. The molecule has 3 aromatic heterocycles. The Morgan fingerprint density at radius 2 is 2.27 bits per heavy atom. The van der Waals surface area contributed by atoms with Gasteiger partial charge in [0.15, 0.2) is 0 Å². The van der Waals surface area contributed by atoms with E-state index in [0.29, 0.717) is 29.1 Å². The van der Waals surface area contributed by atoms with Crippen molar-refractivity contribution >= 4 is 32.9 Å². The highest BCUT2D eigenvalue weighted by molar-refractivity contribution is 7.18. The number of methoxy groups -OCH3 is 1. The third-order valence-corrected chi connectivity index (χ3v) is 5.17. The highest BCUT2D eigenvalue weighted by Gasteiger charge is 2.17. The van der Waals surface area contributed by atoms with Crippen LogP contribution in [-0.4, -0.2) is 29.9 Å². The average molecular weight is 338 g/mol. The highest BCUT2D eigenvalue weighted by atomic mass is 32.1. The summed E-state index contributed by atoms with van der Waals surface area (Å²) in [6.45, 7) is -0.112. The monoisotopic (exact) mass is 338 g/mol. The lowest BCUT2D eigenvalue weighted by Crippen LogP contribution is -2.26. The SMILES string of the molecule is COCCc1nc2scc(-c3cccs3)c2c(=O)n1CCF. The molecule has 0 saturated carbocycles. The molecule has 0 radical (unpaired) electrons. The van der Waals surface area contributed by atoms with Crippen LogP contribution < -0.4 is 5.56 Å². The average Bonchev–Trinajstić information content (AvgIpc) is 3.17. The van der Waals surface area contributed by atoms with Crippen LogP contribution in [0.5, 0.6) is 0 Å². The highest BCUT2D eigenvalue weighted by Crippen LogP contribution is 2.33. The summed E-state index contributed by atoms with van der Waals surface area (Å²) in [7, 11) is 1.59. The molecule has 3 heterocycles. The molecule has 0 saturated heterocycles. The van der Waals surface area contributed by atoms with Gasteiger partial charge in [-0.3, -0.25) is 9.36 Å². The first kappa shape index (κ1) is 15.3. The first-order valence-corrected chi connectivity index (χ1v) is 8.62. The largest absolute Gasteiger partial charge is 0.384 e. The van der Waals surface area contributed by atoms with Gasteiger partial charge in [0.25, 0.3) is 5.56 Å². The Hall–Kier alpha value is -1.57. The van der Waals surface area contributed by atoms with E-state index in [2.05, 4.69) is 4.98 Å². The number of aromatic nitrogens is 2. The lowest BCUT2D eigenvalue weighted by molar-refractivity contribution is 0.199. The third-order valence-electron chi connectivity index (χ3n) is 3.40. The Kier molecular flexibility index (Phi) is 4.66. The van der Waals surface area contributed by atoms with E-state index in [1.165, 1.54) is 15.9 Å². The Labute approximate surface area is 134 Å². The van der Waals surface area contributed by atoms with E-state index >= 15 is 0 Å². The van der Waals surface area contributed by atoms with Crippen LogP contribution in [0.3, 0.4) is 0 Å². The van der Waals surface area contributed by atoms with E-state index in [0.717, 1.165) is 10.4 Å². The number of rotatable bonds is 6. The molecule has 22 heavy (non-hydrogen) atoms. The van der Waals surface area contributed by atoms with Gasteiger partial charge in [-0.05, 0) is 11.4 Å². The number of ether oxygens (including phenoxy) is 1. The molecule has 0 aromatic carbocycles. The molecule has 0 aliphatic heterocycles. The summed E-state index contributed by atoms with van der Waals surface area (Å²) in [5.41, 5.74) is 0.719. The van der Waals surface area contributed by atoms with Crippen LogP contribution >= 0.6 is 22.7 Å². The van der Waals surface area contributed by atoms with Crippen molar-refractivity contribution in [2.45, 2.75) is 13.0 Å². The van der Waals surface area contributed by atoms with Gasteiger partial charge in [-0.1, -0.05) is 6.07 Å². The molecule has 0 atom stereocenters. The quantitative estimate of drug-likeness (QED) is 0.692. The van der Waals surface area contributed by atoms with Crippen molar-refractivity contribution in [3.8, 4) is 10.4 Å². The zero-order valence-electron chi connectivity index (χ0n) is 12.0. The number of nitrogens with zero attached hydrogens (tertiary/aromatic N) is 2. The molecular weight excluding hydrogens is 323 g/mol. The lowest BCUT2D eigenvalue weighted by Gasteiger charge is -2.10. The maximum atomic E-state index is 12.8. The maximum absolute atomic E-state index is 12.8. The first-order chi connectivity index (χ1) is 10.8. The minimum absolute atomic E-state index is 0.0283. The van der Waals surface area contributed by atoms with Gasteiger partial charge in [0.05, 0.1) is 18.5 Å². The van der Waals surface area contributed by atoms with Gasteiger partial charge in [0.2, 0.25) is 0 Å². The fourth-order valence-electron chi connectivity index (χ4n) is 2.38. The summed E-state index contributed by atoms with van der Waals surface area (Å²) in [6, 6.07) is 3.92. The van der Waals surface area contributed by atoms with Crippen molar-refractivity contribution in [1.29, 1.82) is 0 Å². The molecule has 116 valence electrons. The number of alkyl halides is 1. The first-order valence-electron chi connectivity index (χ1n) is 6.86. The molecule has 3 aromatic rings. The molecule has 0 aliphatic carbocycles. The van der Waals surface area contributed by atoms with E-state index < -0.39 is 6.67 Å². The molecule has 0 spiro atoms. The molecule has 7 heteroatoms. The molecule has 0 unspecified atom stereocenters. The van der Waals surface area contributed by atoms with E-state index in [9.17, 15) is 9.18 Å². The Balaban J connectivity index is 2.20. The Morgan fingerprint density at radius 1 is 1.41 bits per heavy atom. The molecule has 0 bridgehead atoms. The predicted octanol–water partition coefficient (Wildman–Crippen LogP) is 3.34. The summed E-state index contributed by atoms with van der Waals surface area (Å²) >= 11 is 3.03. The van der Waals surface area contributed by atoms with E-state index in [4.69, 9.17) is 4.74 Å². The number of thiophene rings is 2. The summed E-state index contributed by atoms with van der Waals surface area (Å²) < 4.78 is 19.3. The van der Waals surface area contributed by atoms with E-state index in [1.54, 1.807) is 18.4 Å². The van der Waals surface area contributed by atoms with Gasteiger partial charge < -0.3 is 4.74 Å². The summed E-state index contributed by atoms with van der Waals surface area (Å²) in [4.78, 5) is 19.1. The fourth-order valence-corrected chi connectivity index (χ4v) is 4.15. The van der Waals surface area contributed by atoms with Gasteiger partial charge >= 0.3 is 0 Å². The third kappa shape index (κ3) is 2.71. The van der Waals surface area contributed by atoms with E-state index in [-0.39, 0.29) is 12.1 Å². The van der Waals surface area contributed by atoms with Gasteiger partial charge in [0.1, 0.15) is 17.3 Å². The Morgan fingerprint density at radius 3 is 2.95 bits per heavy atom. The van der Waals surface area contributed by atoms with Crippen molar-refractivity contribution < 1.29 is 9.13 Å². The summed E-state index contributed by atoms with van der Waals surface area (Å²) in [5, 5.41) is 4.51. The minimum atomic E-state index is -0.592. The fraction of sp³-hybridized carbons (Fsp3) is 0.333. The standard InChI is InChI=1S/C15H15FN2O2S2/c1-20-7-4-12-17-14-13(15(19)18(12)6-5-16)10(9-22-14)11-3-2-8-21-11/h2-3,8-9H,4-7H2,1H3. The number of halogens is 1. The van der Waals surface area contributed by atoms with Crippen LogP contribution in [0, 0.1) is 0 Å². The molecule has 3 rings (SSSR count). The maximum Gasteiger partial charge on any atom is 0.263 e. The van der Waals surface area contributed by atoms with Gasteiger partial charge in [-0.25, -0.2) is 9.37 Å². The molecule has 4 nitrogen and oxygen atoms in total. The van der Waals surface area contributed by atoms with Crippen molar-refractivity contribution in [1.82, 2.24) is 9.55 Å². The second-order valence-corrected chi connectivity index (χ2v) is 6.53. The van der Waals surface area contributed by atoms with Gasteiger partial charge in [-0.15, -0.1) is 22.7 Å². The number of hydrogen-bond acceptors (Lipinski definition) is 5. The van der Waals surface area contributed by atoms with Gasteiger partial charge in [0, 0.05) is 29.4 Å². The van der Waals surface area contributed by atoms with Crippen LogP contribution in [0.4, 0.5) is 4.39 Å². The van der Waals surface area contributed by atoms with Crippen molar-refractivity contribution in [3.05, 3.63) is 39.1 Å². The van der Waals surface area contributed by atoms with Crippen molar-refractivity contribution in [2.24, 2.45) is 0 Å². The number of hydrogen-bond donors (Lipinski definition) is 0. The molecule has 0 N–H and O–H groups in total. The topological polar surface area (TPSA) is 44.1 Å². The summed E-state index contributed by atoms with van der Waals surface area (Å²) in [6.07, 6.45) is 0.494. The second-order valence-electron chi connectivity index (χ2n) is 4.72. The zero-order chi connectivity index (χ0) is 15.5. The normalized spacial score (nSPS) is 11.4. The van der Waals surface area contributed by atoms with Crippen LogP contribution in [-0.2, 0) is 17.7 Å². The second kappa shape index (κ2) is 6.68. The summed E-state index contributed by atoms with van der Waals surface area (Å²) in [5.74, 6) is 0.580. The van der Waals surface area contributed by atoms with Crippen LogP contribution in [0.2, 0.25) is 0 Å². The Bertz CT molecular complexity index is 824. The van der Waals surface area contributed by atoms with Gasteiger partial charge in [-0.2, -0.15) is 0 Å². The lowest BCUT2D eigenvalue weighted by atomic mass is 10.2. The van der Waals surface area contributed by atoms with Crippen molar-refractivity contribution in [2.75, 3.05) is 20.4 Å². The minimum Gasteiger partial charge on any atom is -0.384 e. The van der Waals surface area contributed by atoms with E-state index in [1.807, 2.05) is 22.9 Å². The van der Waals surface area contributed by atoms with Crippen LogP contribution in [0.1, 0.15) is 5.82 Å². The van der Waals surface area contributed by atoms with Crippen molar-refractivity contribution in [3.63, 3.8) is 0 Å². The van der Waals surface area contributed by atoms with Crippen LogP contribution in [0.15, 0.2) is 27.7 Å². The predicted molar refractivity (Wildman–Crippen MR) is 88.7 cm³/mol. The molecule has 0 amide bonds.